The standard InChI is InChI=1S/C13H21N/c14-13-11-7-3-1-5-9(11)10-6-2-4-8-12(10)13/h9-12,14H,1-8H2. The van der Waals surface area contributed by atoms with Crippen molar-refractivity contribution in [1.29, 1.82) is 5.41 Å². The third-order valence-electron chi connectivity index (χ3n) is 4.99. The van der Waals surface area contributed by atoms with Crippen molar-refractivity contribution in [2.75, 3.05) is 0 Å². The number of hydrogen-bond donors (Lipinski definition) is 1. The van der Waals surface area contributed by atoms with Gasteiger partial charge in [0.2, 0.25) is 0 Å². The van der Waals surface area contributed by atoms with Gasteiger partial charge in [-0.3, -0.25) is 0 Å². The molecule has 14 heavy (non-hydrogen) atoms. The summed E-state index contributed by atoms with van der Waals surface area (Å²) in [7, 11) is 0. The Morgan fingerprint density at radius 2 is 1.14 bits per heavy atom. The maximum Gasteiger partial charge on any atom is 0.0157 e. The molecule has 0 aliphatic heterocycles. The molecule has 0 spiro atoms. The molecule has 0 saturated heterocycles. The summed E-state index contributed by atoms with van der Waals surface area (Å²) in [4.78, 5) is 0. The lowest BCUT2D eigenvalue weighted by atomic mass is 9.73. The zero-order chi connectivity index (χ0) is 9.54. The summed E-state index contributed by atoms with van der Waals surface area (Å²) in [6.07, 6.45) is 11.2. The SMILES string of the molecule is N=C1C2CCCCC2C2CCCCC12. The van der Waals surface area contributed by atoms with Crippen LogP contribution in [-0.2, 0) is 0 Å². The Hall–Kier alpha value is -0.330. The van der Waals surface area contributed by atoms with Gasteiger partial charge in [-0.1, -0.05) is 25.7 Å². The van der Waals surface area contributed by atoms with Gasteiger partial charge in [0.1, 0.15) is 0 Å². The zero-order valence-electron chi connectivity index (χ0n) is 8.97. The molecule has 0 amide bonds. The van der Waals surface area contributed by atoms with Gasteiger partial charge in [0, 0.05) is 5.71 Å². The largest absolute Gasteiger partial charge is 0.309 e. The van der Waals surface area contributed by atoms with Crippen molar-refractivity contribution >= 4 is 5.71 Å². The summed E-state index contributed by atoms with van der Waals surface area (Å²) in [5, 5.41) is 8.30. The molecule has 0 radical (unpaired) electrons. The van der Waals surface area contributed by atoms with Gasteiger partial charge in [0.25, 0.3) is 0 Å². The minimum atomic E-state index is 0.719. The zero-order valence-corrected chi connectivity index (χ0v) is 8.97. The van der Waals surface area contributed by atoms with E-state index >= 15 is 0 Å². The van der Waals surface area contributed by atoms with Gasteiger partial charge in [-0.25, -0.2) is 0 Å². The Kier molecular flexibility index (Phi) is 2.14. The van der Waals surface area contributed by atoms with Crippen LogP contribution in [0.3, 0.4) is 0 Å². The van der Waals surface area contributed by atoms with Gasteiger partial charge >= 0.3 is 0 Å². The number of fused-ring (bicyclic) bond motifs is 3. The Labute approximate surface area is 86.8 Å². The molecule has 1 heteroatoms. The third kappa shape index (κ3) is 1.17. The van der Waals surface area contributed by atoms with Crippen molar-refractivity contribution in [2.45, 2.75) is 51.4 Å². The molecule has 3 saturated carbocycles. The first-order valence-electron chi connectivity index (χ1n) is 6.46. The van der Waals surface area contributed by atoms with Crippen LogP contribution in [0.1, 0.15) is 51.4 Å². The lowest BCUT2D eigenvalue weighted by Crippen LogP contribution is -2.22. The first-order chi connectivity index (χ1) is 6.88. The molecular weight excluding hydrogens is 170 g/mol. The van der Waals surface area contributed by atoms with E-state index in [0.29, 0.717) is 0 Å². The molecule has 0 bridgehead atoms. The summed E-state index contributed by atoms with van der Waals surface area (Å²) in [6.45, 7) is 0. The first-order valence-corrected chi connectivity index (χ1v) is 6.46. The van der Waals surface area contributed by atoms with E-state index in [1.165, 1.54) is 57.1 Å². The third-order valence-corrected chi connectivity index (χ3v) is 4.99. The van der Waals surface area contributed by atoms with E-state index in [2.05, 4.69) is 0 Å². The van der Waals surface area contributed by atoms with Crippen LogP contribution in [-0.4, -0.2) is 5.71 Å². The monoisotopic (exact) mass is 191 g/mol. The average molecular weight is 191 g/mol. The fourth-order valence-electron chi connectivity index (χ4n) is 4.39. The fourth-order valence-corrected chi connectivity index (χ4v) is 4.39. The van der Waals surface area contributed by atoms with Crippen LogP contribution in [0.5, 0.6) is 0 Å². The van der Waals surface area contributed by atoms with Crippen LogP contribution in [0.15, 0.2) is 0 Å². The molecule has 3 rings (SSSR count). The Balaban J connectivity index is 1.86. The summed E-state index contributed by atoms with van der Waals surface area (Å²) in [6, 6.07) is 0. The average Bonchev–Trinajstić information content (AvgIpc) is 2.55. The quantitative estimate of drug-likeness (QED) is 0.604. The van der Waals surface area contributed by atoms with E-state index < -0.39 is 0 Å². The molecule has 1 nitrogen and oxygen atoms in total. The number of hydrogen-bond acceptors (Lipinski definition) is 1. The maximum absolute atomic E-state index is 8.30. The van der Waals surface area contributed by atoms with Gasteiger partial charge in [0.05, 0.1) is 0 Å². The molecule has 3 aliphatic rings. The highest BCUT2D eigenvalue weighted by Gasteiger charge is 2.47. The molecule has 0 aromatic rings. The minimum absolute atomic E-state index is 0.719. The van der Waals surface area contributed by atoms with Gasteiger partial charge in [0.15, 0.2) is 0 Å². The normalized spacial score (nSPS) is 47.3. The number of nitrogens with one attached hydrogen (secondary N) is 1. The highest BCUT2D eigenvalue weighted by Crippen LogP contribution is 2.52. The predicted molar refractivity (Wildman–Crippen MR) is 58.6 cm³/mol. The van der Waals surface area contributed by atoms with Gasteiger partial charge in [-0.2, -0.15) is 0 Å². The van der Waals surface area contributed by atoms with Crippen LogP contribution >= 0.6 is 0 Å². The van der Waals surface area contributed by atoms with Gasteiger partial charge < -0.3 is 5.41 Å². The Morgan fingerprint density at radius 3 is 1.64 bits per heavy atom. The van der Waals surface area contributed by atoms with E-state index in [9.17, 15) is 0 Å². The van der Waals surface area contributed by atoms with E-state index in [0.717, 1.165) is 23.7 Å². The van der Waals surface area contributed by atoms with Crippen LogP contribution in [0.2, 0.25) is 0 Å². The lowest BCUT2D eigenvalue weighted by Gasteiger charge is -2.31. The van der Waals surface area contributed by atoms with Crippen LogP contribution in [0.25, 0.3) is 0 Å². The number of rotatable bonds is 0. The molecule has 0 aromatic carbocycles. The second-order valence-electron chi connectivity index (χ2n) is 5.56. The summed E-state index contributed by atoms with van der Waals surface area (Å²) < 4.78 is 0. The van der Waals surface area contributed by atoms with E-state index in [1.807, 2.05) is 0 Å². The fraction of sp³-hybridized carbons (Fsp3) is 0.923. The minimum Gasteiger partial charge on any atom is -0.309 e. The molecule has 4 atom stereocenters. The second-order valence-corrected chi connectivity index (χ2v) is 5.56. The van der Waals surface area contributed by atoms with E-state index in [-0.39, 0.29) is 0 Å². The first kappa shape index (κ1) is 8.94. The van der Waals surface area contributed by atoms with Crippen molar-refractivity contribution in [1.82, 2.24) is 0 Å². The molecular formula is C13H21N. The molecule has 78 valence electrons. The van der Waals surface area contributed by atoms with Gasteiger partial charge in [-0.05, 0) is 49.4 Å². The highest BCUT2D eigenvalue weighted by atomic mass is 14.6. The van der Waals surface area contributed by atoms with E-state index in [4.69, 9.17) is 5.41 Å². The van der Waals surface area contributed by atoms with Crippen LogP contribution in [0, 0.1) is 29.1 Å². The lowest BCUT2D eigenvalue weighted by molar-refractivity contribution is 0.184. The van der Waals surface area contributed by atoms with Crippen molar-refractivity contribution in [3.8, 4) is 0 Å². The van der Waals surface area contributed by atoms with Crippen LogP contribution in [0.4, 0.5) is 0 Å². The smallest absolute Gasteiger partial charge is 0.0157 e. The summed E-state index contributed by atoms with van der Waals surface area (Å²) in [5.41, 5.74) is 1.17. The van der Waals surface area contributed by atoms with Crippen molar-refractivity contribution in [3.63, 3.8) is 0 Å². The second kappa shape index (κ2) is 3.36. The van der Waals surface area contributed by atoms with E-state index in [1.54, 1.807) is 0 Å². The molecule has 1 N–H and O–H groups in total. The predicted octanol–water partition coefficient (Wildman–Crippen LogP) is 3.63. The molecule has 4 unspecified atom stereocenters. The molecule has 0 heterocycles. The highest BCUT2D eigenvalue weighted by molar-refractivity contribution is 5.89. The Morgan fingerprint density at radius 1 is 0.714 bits per heavy atom. The Bertz CT molecular complexity index is 222. The summed E-state index contributed by atoms with van der Waals surface area (Å²) >= 11 is 0. The maximum atomic E-state index is 8.30. The molecule has 0 aromatic heterocycles. The van der Waals surface area contributed by atoms with Crippen molar-refractivity contribution in [3.05, 3.63) is 0 Å². The topological polar surface area (TPSA) is 23.9 Å². The summed E-state index contributed by atoms with van der Waals surface area (Å²) in [5.74, 6) is 3.30. The van der Waals surface area contributed by atoms with Crippen molar-refractivity contribution < 1.29 is 0 Å². The van der Waals surface area contributed by atoms with Gasteiger partial charge in [-0.15, -0.1) is 0 Å². The molecule has 3 aliphatic carbocycles. The van der Waals surface area contributed by atoms with Crippen molar-refractivity contribution in [2.24, 2.45) is 23.7 Å². The molecule has 3 fully saturated rings. The van der Waals surface area contributed by atoms with Crippen LogP contribution < -0.4 is 0 Å².